The second-order valence-electron chi connectivity index (χ2n) is 5.55. The van der Waals surface area contributed by atoms with E-state index >= 15 is 0 Å². The molecule has 0 spiro atoms. The Bertz CT molecular complexity index is 618. The fourth-order valence-corrected chi connectivity index (χ4v) is 2.18. The molecule has 0 saturated heterocycles. The van der Waals surface area contributed by atoms with E-state index in [9.17, 15) is 8.78 Å². The van der Waals surface area contributed by atoms with Crippen molar-refractivity contribution in [2.75, 3.05) is 0 Å². The van der Waals surface area contributed by atoms with E-state index in [0.29, 0.717) is 11.3 Å². The second kappa shape index (κ2) is 5.82. The molecule has 112 valence electrons. The lowest BCUT2D eigenvalue weighted by Crippen LogP contribution is -2.34. The standard InChI is InChI=1S/C17H19F2NO/c1-11(2)21-16-6-4-5-12(9-16)17(3,20)13-7-14(18)10-15(19)8-13/h4-11H,20H2,1-3H3. The van der Waals surface area contributed by atoms with Gasteiger partial charge in [0.15, 0.2) is 0 Å². The number of halogens is 2. The summed E-state index contributed by atoms with van der Waals surface area (Å²) in [4.78, 5) is 0. The van der Waals surface area contributed by atoms with Crippen molar-refractivity contribution in [3.8, 4) is 5.75 Å². The van der Waals surface area contributed by atoms with Gasteiger partial charge in [0.25, 0.3) is 0 Å². The van der Waals surface area contributed by atoms with Crippen molar-refractivity contribution in [1.29, 1.82) is 0 Å². The topological polar surface area (TPSA) is 35.2 Å². The molecule has 4 heteroatoms. The fourth-order valence-electron chi connectivity index (χ4n) is 2.18. The van der Waals surface area contributed by atoms with Gasteiger partial charge in [0.05, 0.1) is 11.6 Å². The molecule has 1 unspecified atom stereocenters. The van der Waals surface area contributed by atoms with Gasteiger partial charge in [0.2, 0.25) is 0 Å². The molecule has 2 nitrogen and oxygen atoms in total. The smallest absolute Gasteiger partial charge is 0.126 e. The predicted octanol–water partition coefficient (Wildman–Crippen LogP) is 3.97. The first-order valence-corrected chi connectivity index (χ1v) is 6.81. The Morgan fingerprint density at radius 2 is 1.62 bits per heavy atom. The Labute approximate surface area is 123 Å². The molecule has 0 aliphatic rings. The molecule has 0 saturated carbocycles. The first-order chi connectivity index (χ1) is 9.79. The summed E-state index contributed by atoms with van der Waals surface area (Å²) in [6, 6.07) is 10.6. The Hall–Kier alpha value is -1.94. The van der Waals surface area contributed by atoms with E-state index in [1.165, 1.54) is 12.1 Å². The van der Waals surface area contributed by atoms with Crippen LogP contribution in [0.2, 0.25) is 0 Å². The maximum Gasteiger partial charge on any atom is 0.126 e. The third kappa shape index (κ3) is 3.58. The number of rotatable bonds is 4. The van der Waals surface area contributed by atoms with E-state index in [2.05, 4.69) is 0 Å². The minimum Gasteiger partial charge on any atom is -0.491 e. The number of benzene rings is 2. The molecule has 0 aromatic heterocycles. The zero-order valence-corrected chi connectivity index (χ0v) is 12.4. The van der Waals surface area contributed by atoms with Crippen molar-refractivity contribution in [2.24, 2.45) is 5.73 Å². The number of nitrogens with two attached hydrogens (primary N) is 1. The molecule has 2 N–H and O–H groups in total. The molecular formula is C17H19F2NO. The summed E-state index contributed by atoms with van der Waals surface area (Å²) >= 11 is 0. The zero-order valence-electron chi connectivity index (χ0n) is 12.4. The minimum atomic E-state index is -1.01. The van der Waals surface area contributed by atoms with Gasteiger partial charge in [-0.1, -0.05) is 12.1 Å². The monoisotopic (exact) mass is 291 g/mol. The molecule has 1 atom stereocenters. The summed E-state index contributed by atoms with van der Waals surface area (Å²) in [6.07, 6.45) is 0.0379. The summed E-state index contributed by atoms with van der Waals surface area (Å²) in [5.74, 6) is -0.608. The molecule has 2 aromatic rings. The highest BCUT2D eigenvalue weighted by atomic mass is 19.1. The third-order valence-corrected chi connectivity index (χ3v) is 3.27. The first-order valence-electron chi connectivity index (χ1n) is 6.81. The molecular weight excluding hydrogens is 272 g/mol. The molecule has 2 rings (SSSR count). The molecule has 0 aliphatic carbocycles. The maximum atomic E-state index is 13.4. The molecule has 0 bridgehead atoms. The van der Waals surface area contributed by atoms with Gasteiger partial charge in [-0.25, -0.2) is 8.78 Å². The van der Waals surface area contributed by atoms with Crippen LogP contribution in [0.15, 0.2) is 42.5 Å². The average molecular weight is 291 g/mol. The highest BCUT2D eigenvalue weighted by Crippen LogP contribution is 2.30. The van der Waals surface area contributed by atoms with E-state index in [1.807, 2.05) is 32.0 Å². The van der Waals surface area contributed by atoms with E-state index in [4.69, 9.17) is 10.5 Å². The summed E-state index contributed by atoms with van der Waals surface area (Å²) in [6.45, 7) is 5.57. The van der Waals surface area contributed by atoms with E-state index in [-0.39, 0.29) is 6.10 Å². The van der Waals surface area contributed by atoms with Gasteiger partial charge in [-0.15, -0.1) is 0 Å². The van der Waals surface area contributed by atoms with Crippen molar-refractivity contribution >= 4 is 0 Å². The highest BCUT2D eigenvalue weighted by Gasteiger charge is 2.25. The summed E-state index contributed by atoms with van der Waals surface area (Å²) < 4.78 is 32.4. The minimum absolute atomic E-state index is 0.0379. The molecule has 0 aliphatic heterocycles. The fraction of sp³-hybridized carbons (Fsp3) is 0.294. The average Bonchev–Trinajstić information content (AvgIpc) is 2.37. The van der Waals surface area contributed by atoms with Crippen molar-refractivity contribution in [2.45, 2.75) is 32.4 Å². The van der Waals surface area contributed by atoms with Gasteiger partial charge in [-0.2, -0.15) is 0 Å². The maximum absolute atomic E-state index is 13.4. The SMILES string of the molecule is CC(C)Oc1cccc(C(C)(N)c2cc(F)cc(F)c2)c1. The Kier molecular flexibility index (Phi) is 4.28. The lowest BCUT2D eigenvalue weighted by atomic mass is 9.85. The second-order valence-corrected chi connectivity index (χ2v) is 5.55. The third-order valence-electron chi connectivity index (χ3n) is 3.27. The van der Waals surface area contributed by atoms with Crippen LogP contribution in [0.25, 0.3) is 0 Å². The van der Waals surface area contributed by atoms with Crippen LogP contribution in [0, 0.1) is 11.6 Å². The summed E-state index contributed by atoms with van der Waals surface area (Å²) in [5.41, 5.74) is 6.40. The zero-order chi connectivity index (χ0) is 15.6. The lowest BCUT2D eigenvalue weighted by Gasteiger charge is -2.26. The lowest BCUT2D eigenvalue weighted by molar-refractivity contribution is 0.242. The Morgan fingerprint density at radius 3 is 2.19 bits per heavy atom. The van der Waals surface area contributed by atoms with Crippen LogP contribution in [0.3, 0.4) is 0 Å². The van der Waals surface area contributed by atoms with Crippen LogP contribution in [0.1, 0.15) is 31.9 Å². The number of ether oxygens (including phenoxy) is 1. The highest BCUT2D eigenvalue weighted by molar-refractivity contribution is 5.41. The predicted molar refractivity (Wildman–Crippen MR) is 79.2 cm³/mol. The van der Waals surface area contributed by atoms with Crippen LogP contribution in [0.5, 0.6) is 5.75 Å². The molecule has 0 fully saturated rings. The van der Waals surface area contributed by atoms with Gasteiger partial charge in [-0.3, -0.25) is 0 Å². The van der Waals surface area contributed by atoms with Crippen molar-refractivity contribution in [1.82, 2.24) is 0 Å². The molecule has 21 heavy (non-hydrogen) atoms. The van der Waals surface area contributed by atoms with Crippen LogP contribution < -0.4 is 10.5 Å². The van der Waals surface area contributed by atoms with E-state index in [1.54, 1.807) is 13.0 Å². The summed E-state index contributed by atoms with van der Waals surface area (Å²) in [7, 11) is 0. The van der Waals surface area contributed by atoms with Gasteiger partial charge in [0.1, 0.15) is 17.4 Å². The molecule has 0 amide bonds. The molecule has 0 radical (unpaired) electrons. The van der Waals surface area contributed by atoms with Crippen molar-refractivity contribution in [3.05, 3.63) is 65.2 Å². The van der Waals surface area contributed by atoms with Gasteiger partial charge < -0.3 is 10.5 Å². The van der Waals surface area contributed by atoms with Crippen LogP contribution in [-0.2, 0) is 5.54 Å². The molecule has 0 heterocycles. The van der Waals surface area contributed by atoms with Gasteiger partial charge >= 0.3 is 0 Å². The Morgan fingerprint density at radius 1 is 1.00 bits per heavy atom. The quantitative estimate of drug-likeness (QED) is 0.925. The van der Waals surface area contributed by atoms with Crippen LogP contribution >= 0.6 is 0 Å². The van der Waals surface area contributed by atoms with Crippen molar-refractivity contribution < 1.29 is 13.5 Å². The van der Waals surface area contributed by atoms with Crippen LogP contribution in [0.4, 0.5) is 8.78 Å². The Balaban J connectivity index is 2.43. The van der Waals surface area contributed by atoms with Crippen LogP contribution in [-0.4, -0.2) is 6.10 Å². The molecule has 2 aromatic carbocycles. The van der Waals surface area contributed by atoms with Gasteiger partial charge in [0, 0.05) is 6.07 Å². The largest absolute Gasteiger partial charge is 0.491 e. The van der Waals surface area contributed by atoms with E-state index < -0.39 is 17.2 Å². The number of hydrogen-bond donors (Lipinski definition) is 1. The van der Waals surface area contributed by atoms with Gasteiger partial charge in [-0.05, 0) is 56.2 Å². The number of hydrogen-bond acceptors (Lipinski definition) is 2. The van der Waals surface area contributed by atoms with Crippen molar-refractivity contribution in [3.63, 3.8) is 0 Å². The summed E-state index contributed by atoms with van der Waals surface area (Å²) in [5, 5.41) is 0. The normalized spacial score (nSPS) is 14.0. The van der Waals surface area contributed by atoms with E-state index in [0.717, 1.165) is 11.6 Å². The first kappa shape index (κ1) is 15.4.